The van der Waals surface area contributed by atoms with E-state index in [1.54, 1.807) is 12.3 Å². The number of pyridine rings is 1. The number of esters is 1. The molecule has 8 nitrogen and oxygen atoms in total. The summed E-state index contributed by atoms with van der Waals surface area (Å²) >= 11 is 0. The van der Waals surface area contributed by atoms with E-state index in [2.05, 4.69) is 22.5 Å². The van der Waals surface area contributed by atoms with Crippen molar-refractivity contribution in [3.05, 3.63) is 36.0 Å². The Morgan fingerprint density at radius 2 is 1.78 bits per heavy atom. The fraction of sp³-hybridized carbons (Fsp3) is 0.636. The molecule has 4 aliphatic rings. The Bertz CT molecular complexity index is 1330. The van der Waals surface area contributed by atoms with Gasteiger partial charge in [0.2, 0.25) is 5.91 Å². The first-order chi connectivity index (χ1) is 19.7. The molecule has 220 valence electrons. The molecule has 4 atom stereocenters. The maximum atomic E-state index is 13.9. The number of nitrogens with zero attached hydrogens (tertiary/aromatic N) is 1. The average Bonchev–Trinajstić information content (AvgIpc) is 3.57. The summed E-state index contributed by atoms with van der Waals surface area (Å²) in [4.78, 5) is 44.1. The fourth-order valence-electron chi connectivity index (χ4n) is 7.88. The van der Waals surface area contributed by atoms with Crippen LogP contribution < -0.4 is 15.4 Å². The summed E-state index contributed by atoms with van der Waals surface area (Å²) in [7, 11) is 1.44. The van der Waals surface area contributed by atoms with Crippen LogP contribution in [0.1, 0.15) is 88.4 Å². The molecular weight excluding hydrogens is 518 g/mol. The van der Waals surface area contributed by atoms with Gasteiger partial charge in [-0.3, -0.25) is 19.4 Å². The molecule has 1 aromatic carbocycles. The molecule has 6 rings (SSSR count). The summed E-state index contributed by atoms with van der Waals surface area (Å²) in [5, 5.41) is 7.37. The van der Waals surface area contributed by atoms with Crippen molar-refractivity contribution in [2.75, 3.05) is 13.7 Å². The second-order valence-corrected chi connectivity index (χ2v) is 13.7. The summed E-state index contributed by atoms with van der Waals surface area (Å²) in [6.45, 7) is 4.92. The van der Waals surface area contributed by atoms with Crippen LogP contribution in [0.5, 0.6) is 5.75 Å². The van der Waals surface area contributed by atoms with Gasteiger partial charge in [-0.25, -0.2) is 0 Å². The number of fused-ring (bicyclic) bond motifs is 3. The van der Waals surface area contributed by atoms with Gasteiger partial charge in [0.1, 0.15) is 5.75 Å². The van der Waals surface area contributed by atoms with Gasteiger partial charge in [0.15, 0.2) is 0 Å². The Hall–Kier alpha value is -3.16. The lowest BCUT2D eigenvalue weighted by Crippen LogP contribution is -2.51. The normalized spacial score (nSPS) is 31.7. The molecule has 4 saturated carbocycles. The first-order valence-corrected chi connectivity index (χ1v) is 15.4. The van der Waals surface area contributed by atoms with Crippen molar-refractivity contribution in [1.82, 2.24) is 15.6 Å². The lowest BCUT2D eigenvalue weighted by Gasteiger charge is -2.39. The molecular formula is C33H43N3O5. The summed E-state index contributed by atoms with van der Waals surface area (Å²) in [5.41, 5.74) is 0.831. The molecule has 41 heavy (non-hydrogen) atoms. The molecule has 4 aliphatic carbocycles. The Morgan fingerprint density at radius 1 is 1.02 bits per heavy atom. The molecule has 2 amide bonds. The summed E-state index contributed by atoms with van der Waals surface area (Å²) in [5.74, 6) is 0.797. The number of carbonyl (C=O) groups is 3. The van der Waals surface area contributed by atoms with Crippen molar-refractivity contribution in [2.45, 2.75) is 90.2 Å². The van der Waals surface area contributed by atoms with E-state index in [0.717, 1.165) is 50.3 Å². The molecule has 2 aromatic rings. The van der Waals surface area contributed by atoms with Crippen molar-refractivity contribution in [3.8, 4) is 5.75 Å². The molecule has 0 unspecified atom stereocenters. The largest absolute Gasteiger partial charge is 0.490 e. The van der Waals surface area contributed by atoms with Gasteiger partial charge in [-0.1, -0.05) is 19.4 Å². The zero-order valence-corrected chi connectivity index (χ0v) is 24.5. The van der Waals surface area contributed by atoms with Gasteiger partial charge in [-0.2, -0.15) is 0 Å². The van der Waals surface area contributed by atoms with Crippen molar-refractivity contribution >= 4 is 28.7 Å². The van der Waals surface area contributed by atoms with Crippen LogP contribution in [0.2, 0.25) is 0 Å². The molecule has 2 N–H and O–H groups in total. The van der Waals surface area contributed by atoms with Gasteiger partial charge in [-0.05, 0) is 100 Å². The lowest BCUT2D eigenvalue weighted by atomic mass is 9.70. The fourth-order valence-corrected chi connectivity index (χ4v) is 7.88. The minimum absolute atomic E-state index is 0.0473. The predicted octanol–water partition coefficient (Wildman–Crippen LogP) is 5.19. The third kappa shape index (κ3) is 5.42. The second kappa shape index (κ2) is 10.9. The zero-order valence-electron chi connectivity index (χ0n) is 24.5. The number of aromatic nitrogens is 1. The van der Waals surface area contributed by atoms with E-state index in [-0.39, 0.29) is 41.3 Å². The van der Waals surface area contributed by atoms with Gasteiger partial charge < -0.3 is 20.1 Å². The van der Waals surface area contributed by atoms with Crippen molar-refractivity contribution in [2.24, 2.45) is 28.6 Å². The van der Waals surface area contributed by atoms with Gasteiger partial charge in [0.25, 0.3) is 5.91 Å². The number of amides is 2. The molecule has 0 aliphatic heterocycles. The highest BCUT2D eigenvalue weighted by molar-refractivity contribution is 6.06. The SMILES string of the molecule is COC(=O)C1(C)CCC(Oc2cc(C(=O)N[C@@H]3[C@H]4CC[C@H](C4)[C@@H]3C(=O)NCC3(C)CCC3)c3ncccc3c2)CC1. The van der Waals surface area contributed by atoms with E-state index < -0.39 is 5.41 Å². The van der Waals surface area contributed by atoms with Gasteiger partial charge in [0.05, 0.1) is 35.6 Å². The minimum Gasteiger partial charge on any atom is -0.490 e. The molecule has 0 spiro atoms. The first-order valence-electron chi connectivity index (χ1n) is 15.4. The average molecular weight is 562 g/mol. The number of carbonyl (C=O) groups excluding carboxylic acids is 3. The standard InChI is InChI=1S/C33H43N3O5/c1-32(11-5-12-32)19-35-30(38)26-20-7-8-22(16-20)28(26)36-29(37)25-18-24(17-21-6-4-15-34-27(21)25)41-23-9-13-33(2,14-10-23)31(39)40-3/h4,6,15,17-18,20,22-23,26,28H,5,7-14,16,19H2,1-3H3,(H,35,38)(H,36,37)/t20-,22+,23?,26+,28-,33?/m1/s1. The Labute approximate surface area is 242 Å². The second-order valence-electron chi connectivity index (χ2n) is 13.7. The molecule has 1 heterocycles. The summed E-state index contributed by atoms with van der Waals surface area (Å²) in [6, 6.07) is 7.35. The molecule has 1 aromatic heterocycles. The van der Waals surface area contributed by atoms with E-state index in [4.69, 9.17) is 9.47 Å². The van der Waals surface area contributed by atoms with Crippen LogP contribution >= 0.6 is 0 Å². The van der Waals surface area contributed by atoms with Crippen LogP contribution in [-0.2, 0) is 14.3 Å². The number of hydrogen-bond acceptors (Lipinski definition) is 6. The van der Waals surface area contributed by atoms with Crippen molar-refractivity contribution < 1.29 is 23.9 Å². The molecule has 0 saturated heterocycles. The monoisotopic (exact) mass is 561 g/mol. The number of ether oxygens (including phenoxy) is 2. The van der Waals surface area contributed by atoms with Crippen molar-refractivity contribution in [1.29, 1.82) is 0 Å². The molecule has 8 heteroatoms. The maximum Gasteiger partial charge on any atom is 0.311 e. The summed E-state index contributed by atoms with van der Waals surface area (Å²) < 4.78 is 11.4. The minimum atomic E-state index is -0.480. The van der Waals surface area contributed by atoms with Crippen LogP contribution in [0, 0.1) is 28.6 Å². The number of benzene rings is 1. The van der Waals surface area contributed by atoms with E-state index in [1.165, 1.54) is 13.5 Å². The van der Waals surface area contributed by atoms with Crippen LogP contribution in [0.4, 0.5) is 0 Å². The summed E-state index contributed by atoms with van der Waals surface area (Å²) in [6.07, 6.45) is 11.2. The van der Waals surface area contributed by atoms with E-state index in [0.29, 0.717) is 48.1 Å². The number of hydrogen-bond donors (Lipinski definition) is 2. The van der Waals surface area contributed by atoms with Crippen LogP contribution in [0.15, 0.2) is 30.5 Å². The lowest BCUT2D eigenvalue weighted by molar-refractivity contribution is -0.154. The third-order valence-corrected chi connectivity index (χ3v) is 10.7. The third-order valence-electron chi connectivity index (χ3n) is 10.7. The molecule has 2 bridgehead atoms. The van der Waals surface area contributed by atoms with Crippen LogP contribution in [0.25, 0.3) is 10.9 Å². The highest BCUT2D eigenvalue weighted by atomic mass is 16.5. The molecule has 0 radical (unpaired) electrons. The van der Waals surface area contributed by atoms with Gasteiger partial charge in [0, 0.05) is 24.2 Å². The van der Waals surface area contributed by atoms with Crippen molar-refractivity contribution in [3.63, 3.8) is 0 Å². The Morgan fingerprint density at radius 3 is 2.49 bits per heavy atom. The highest BCUT2D eigenvalue weighted by Crippen LogP contribution is 2.49. The Balaban J connectivity index is 1.18. The quantitative estimate of drug-likeness (QED) is 0.430. The van der Waals surface area contributed by atoms with E-state index in [1.807, 2.05) is 25.1 Å². The number of rotatable bonds is 8. The number of methoxy groups -OCH3 is 1. The smallest absolute Gasteiger partial charge is 0.311 e. The first kappa shape index (κ1) is 28.0. The van der Waals surface area contributed by atoms with Crippen LogP contribution in [0.3, 0.4) is 0 Å². The highest BCUT2D eigenvalue weighted by Gasteiger charge is 2.51. The van der Waals surface area contributed by atoms with Crippen LogP contribution in [-0.4, -0.2) is 48.6 Å². The zero-order chi connectivity index (χ0) is 28.8. The van der Waals surface area contributed by atoms with E-state index >= 15 is 0 Å². The topological polar surface area (TPSA) is 107 Å². The number of nitrogens with one attached hydrogen (secondary N) is 2. The van der Waals surface area contributed by atoms with Gasteiger partial charge >= 0.3 is 5.97 Å². The van der Waals surface area contributed by atoms with Gasteiger partial charge in [-0.15, -0.1) is 0 Å². The van der Waals surface area contributed by atoms with E-state index in [9.17, 15) is 14.4 Å². The maximum absolute atomic E-state index is 13.9. The Kier molecular flexibility index (Phi) is 7.45. The predicted molar refractivity (Wildman–Crippen MR) is 155 cm³/mol. The molecule has 4 fully saturated rings.